The van der Waals surface area contributed by atoms with Crippen molar-refractivity contribution in [2.75, 3.05) is 0 Å². The molecule has 0 radical (unpaired) electrons. The SMILES string of the molecule is NC(=O)CC[C@@H](Cc1ccc(C(F)(F)F)cc1)NS(=O)(=O)c1ccc([N+](=O)[O-])cc1. The molecule has 12 heteroatoms. The Hall–Kier alpha value is -2.99. The van der Waals surface area contributed by atoms with Crippen LogP contribution in [0.25, 0.3) is 0 Å². The number of sulfonamides is 1. The van der Waals surface area contributed by atoms with E-state index in [0.29, 0.717) is 5.56 Å². The number of carbonyl (C=O) groups excluding carboxylic acids is 1. The minimum Gasteiger partial charge on any atom is -0.370 e. The molecule has 3 N–H and O–H groups in total. The first-order valence-electron chi connectivity index (χ1n) is 8.60. The first kappa shape index (κ1) is 23.3. The Kier molecular flexibility index (Phi) is 7.16. The van der Waals surface area contributed by atoms with Gasteiger partial charge in [0.05, 0.1) is 15.4 Å². The Morgan fingerprint density at radius 3 is 2.13 bits per heavy atom. The Balaban J connectivity index is 2.21. The number of nitrogens with two attached hydrogens (primary N) is 1. The van der Waals surface area contributed by atoms with Crippen molar-refractivity contribution >= 4 is 21.6 Å². The van der Waals surface area contributed by atoms with Crippen molar-refractivity contribution in [3.05, 3.63) is 69.8 Å². The molecule has 0 heterocycles. The highest BCUT2D eigenvalue weighted by atomic mass is 32.2. The minimum atomic E-state index is -4.50. The topological polar surface area (TPSA) is 132 Å². The standard InChI is InChI=1S/C18H18F3N3O5S/c19-18(20,21)13-3-1-12(2-4-13)11-14(5-10-17(22)25)23-30(28,29)16-8-6-15(7-9-16)24(26)27/h1-4,6-9,14,23H,5,10-11H2,(H2,22,25)/t14-/m0/s1. The number of nitro groups is 1. The highest BCUT2D eigenvalue weighted by Crippen LogP contribution is 2.29. The minimum absolute atomic E-state index is 0.0115. The van der Waals surface area contributed by atoms with Gasteiger partial charge in [-0.3, -0.25) is 14.9 Å². The van der Waals surface area contributed by atoms with E-state index in [1.54, 1.807) is 0 Å². The van der Waals surface area contributed by atoms with Crippen molar-refractivity contribution in [2.24, 2.45) is 5.73 Å². The lowest BCUT2D eigenvalue weighted by Crippen LogP contribution is -2.37. The average molecular weight is 445 g/mol. The molecule has 2 aromatic carbocycles. The number of nitro benzene ring substituents is 1. The maximum absolute atomic E-state index is 12.7. The van der Waals surface area contributed by atoms with Crippen LogP contribution >= 0.6 is 0 Å². The van der Waals surface area contributed by atoms with E-state index in [0.717, 1.165) is 36.4 Å². The summed E-state index contributed by atoms with van der Waals surface area (Å²) in [5, 5.41) is 10.7. The lowest BCUT2D eigenvalue weighted by molar-refractivity contribution is -0.384. The third-order valence-corrected chi connectivity index (χ3v) is 5.72. The first-order chi connectivity index (χ1) is 13.9. The van der Waals surface area contributed by atoms with Crippen molar-refractivity contribution in [3.8, 4) is 0 Å². The summed E-state index contributed by atoms with van der Waals surface area (Å²) in [7, 11) is -4.11. The smallest absolute Gasteiger partial charge is 0.370 e. The molecular weight excluding hydrogens is 427 g/mol. The second kappa shape index (κ2) is 9.22. The molecule has 1 atom stereocenters. The molecule has 30 heavy (non-hydrogen) atoms. The van der Waals surface area contributed by atoms with E-state index in [1.165, 1.54) is 12.1 Å². The molecule has 1 amide bonds. The zero-order valence-electron chi connectivity index (χ0n) is 15.4. The van der Waals surface area contributed by atoms with Gasteiger partial charge in [0.1, 0.15) is 0 Å². The Bertz CT molecular complexity index is 1010. The van der Waals surface area contributed by atoms with Crippen LogP contribution in [0, 0.1) is 10.1 Å². The van der Waals surface area contributed by atoms with Crippen LogP contribution in [-0.2, 0) is 27.4 Å². The number of primary amides is 1. The van der Waals surface area contributed by atoms with Crippen LogP contribution in [0.3, 0.4) is 0 Å². The van der Waals surface area contributed by atoms with Gasteiger partial charge in [0, 0.05) is 24.6 Å². The average Bonchev–Trinajstić information content (AvgIpc) is 2.65. The first-order valence-corrected chi connectivity index (χ1v) is 10.1. The molecule has 0 spiro atoms. The summed E-state index contributed by atoms with van der Waals surface area (Å²) < 4.78 is 65.7. The monoisotopic (exact) mass is 445 g/mol. The fourth-order valence-electron chi connectivity index (χ4n) is 2.67. The van der Waals surface area contributed by atoms with Gasteiger partial charge < -0.3 is 5.73 Å². The molecule has 162 valence electrons. The highest BCUT2D eigenvalue weighted by Gasteiger charge is 2.30. The molecule has 2 rings (SSSR count). The summed E-state index contributed by atoms with van der Waals surface area (Å²) in [6.45, 7) is 0. The molecular formula is C18H18F3N3O5S. The zero-order chi connectivity index (χ0) is 22.5. The van der Waals surface area contributed by atoms with Crippen LogP contribution in [0.1, 0.15) is 24.0 Å². The number of hydrogen-bond donors (Lipinski definition) is 2. The summed E-state index contributed by atoms with van der Waals surface area (Å²) in [5.41, 5.74) is 4.41. The predicted molar refractivity (Wildman–Crippen MR) is 101 cm³/mol. The van der Waals surface area contributed by atoms with Crippen LogP contribution in [0.2, 0.25) is 0 Å². The van der Waals surface area contributed by atoms with Crippen molar-refractivity contribution < 1.29 is 31.3 Å². The van der Waals surface area contributed by atoms with E-state index in [-0.39, 0.29) is 29.8 Å². The number of hydrogen-bond acceptors (Lipinski definition) is 5. The number of non-ortho nitro benzene ring substituents is 1. The number of halogens is 3. The number of benzene rings is 2. The predicted octanol–water partition coefficient (Wildman–Crippen LogP) is 2.77. The number of nitrogens with one attached hydrogen (secondary N) is 1. The van der Waals surface area contributed by atoms with Crippen LogP contribution in [0.4, 0.5) is 18.9 Å². The van der Waals surface area contributed by atoms with Crippen molar-refractivity contribution in [1.82, 2.24) is 4.72 Å². The van der Waals surface area contributed by atoms with Gasteiger partial charge in [-0.05, 0) is 42.7 Å². The maximum atomic E-state index is 12.7. The number of amides is 1. The van der Waals surface area contributed by atoms with Crippen LogP contribution < -0.4 is 10.5 Å². The van der Waals surface area contributed by atoms with Crippen molar-refractivity contribution in [3.63, 3.8) is 0 Å². The molecule has 0 aromatic heterocycles. The summed E-state index contributed by atoms with van der Waals surface area (Å²) in [6, 6.07) is 7.55. The molecule has 2 aromatic rings. The van der Waals surface area contributed by atoms with Gasteiger partial charge in [-0.1, -0.05) is 12.1 Å². The third kappa shape index (κ3) is 6.52. The lowest BCUT2D eigenvalue weighted by atomic mass is 10.0. The normalized spacial score (nSPS) is 13.0. The Morgan fingerprint density at radius 1 is 1.10 bits per heavy atom. The number of nitrogens with zero attached hydrogens (tertiary/aromatic N) is 1. The molecule has 0 saturated heterocycles. The fourth-order valence-corrected chi connectivity index (χ4v) is 3.94. The number of carbonyl (C=O) groups is 1. The molecule has 8 nitrogen and oxygen atoms in total. The van der Waals surface area contributed by atoms with Gasteiger partial charge in [-0.15, -0.1) is 0 Å². The summed E-state index contributed by atoms with van der Waals surface area (Å²) >= 11 is 0. The summed E-state index contributed by atoms with van der Waals surface area (Å²) in [4.78, 5) is 20.9. The summed E-state index contributed by atoms with van der Waals surface area (Å²) in [6.07, 6.45) is -4.62. The largest absolute Gasteiger partial charge is 0.416 e. The van der Waals surface area contributed by atoms with Crippen LogP contribution in [-0.4, -0.2) is 25.3 Å². The highest BCUT2D eigenvalue weighted by molar-refractivity contribution is 7.89. The van der Waals surface area contributed by atoms with E-state index in [2.05, 4.69) is 4.72 Å². The molecule has 0 aliphatic rings. The number of alkyl halides is 3. The maximum Gasteiger partial charge on any atom is 0.416 e. The van der Waals surface area contributed by atoms with E-state index >= 15 is 0 Å². The van der Waals surface area contributed by atoms with E-state index in [1.807, 2.05) is 0 Å². The third-order valence-electron chi connectivity index (χ3n) is 4.18. The van der Waals surface area contributed by atoms with Crippen LogP contribution in [0.5, 0.6) is 0 Å². The van der Waals surface area contributed by atoms with Gasteiger partial charge in [-0.25, -0.2) is 13.1 Å². The Labute approximate surface area is 170 Å². The number of rotatable bonds is 9. The van der Waals surface area contributed by atoms with Gasteiger partial charge in [0.2, 0.25) is 15.9 Å². The molecule has 0 saturated carbocycles. The van der Waals surface area contributed by atoms with Crippen LogP contribution in [0.15, 0.2) is 53.4 Å². The van der Waals surface area contributed by atoms with Crippen molar-refractivity contribution in [2.45, 2.75) is 36.4 Å². The molecule has 0 bridgehead atoms. The van der Waals surface area contributed by atoms with E-state index in [4.69, 9.17) is 5.73 Å². The molecule has 0 aliphatic carbocycles. The quantitative estimate of drug-likeness (QED) is 0.452. The second-order valence-corrected chi connectivity index (χ2v) is 8.19. The molecule has 0 aliphatic heterocycles. The van der Waals surface area contributed by atoms with E-state index in [9.17, 15) is 36.5 Å². The molecule has 0 unspecified atom stereocenters. The molecule has 0 fully saturated rings. The van der Waals surface area contributed by atoms with Gasteiger partial charge in [0.25, 0.3) is 5.69 Å². The fraction of sp³-hybridized carbons (Fsp3) is 0.278. The summed E-state index contributed by atoms with van der Waals surface area (Å²) in [5.74, 6) is -0.665. The van der Waals surface area contributed by atoms with E-state index < -0.39 is 38.6 Å². The zero-order valence-corrected chi connectivity index (χ0v) is 16.2. The van der Waals surface area contributed by atoms with Gasteiger partial charge in [0.15, 0.2) is 0 Å². The van der Waals surface area contributed by atoms with Crippen molar-refractivity contribution in [1.29, 1.82) is 0 Å². The van der Waals surface area contributed by atoms with Gasteiger partial charge in [-0.2, -0.15) is 13.2 Å². The lowest BCUT2D eigenvalue weighted by Gasteiger charge is -2.19. The van der Waals surface area contributed by atoms with Gasteiger partial charge >= 0.3 is 6.18 Å². The second-order valence-electron chi connectivity index (χ2n) is 6.47. The Morgan fingerprint density at radius 2 is 1.67 bits per heavy atom.